The number of hydrogen-bond donors (Lipinski definition) is 1. The molecule has 0 saturated heterocycles. The van der Waals surface area contributed by atoms with Gasteiger partial charge in [0.1, 0.15) is 0 Å². The highest BCUT2D eigenvalue weighted by Crippen LogP contribution is 2.37. The van der Waals surface area contributed by atoms with Crippen LogP contribution in [0.15, 0.2) is 9.66 Å². The third-order valence-electron chi connectivity index (χ3n) is 5.09. The summed E-state index contributed by atoms with van der Waals surface area (Å²) in [6, 6.07) is 0. The van der Waals surface area contributed by atoms with Gasteiger partial charge in [0, 0.05) is 13.0 Å². The summed E-state index contributed by atoms with van der Waals surface area (Å²) in [4.78, 5) is 0. The Hall–Kier alpha value is 0.607. The van der Waals surface area contributed by atoms with Gasteiger partial charge in [-0.05, 0) is 69.1 Å². The summed E-state index contributed by atoms with van der Waals surface area (Å²) in [6.07, 6.45) is 8.99. The molecule has 0 amide bonds. The zero-order chi connectivity index (χ0) is 16.1. The predicted molar refractivity (Wildman–Crippen MR) is 102 cm³/mol. The highest BCUT2D eigenvalue weighted by atomic mass is 127. The fourth-order valence-corrected chi connectivity index (χ4v) is 4.13. The van der Waals surface area contributed by atoms with Gasteiger partial charge in [0.15, 0.2) is 8.32 Å². The molecule has 0 spiro atoms. The lowest BCUT2D eigenvalue weighted by molar-refractivity contribution is 0.124. The van der Waals surface area contributed by atoms with E-state index in [1.54, 1.807) is 0 Å². The molecule has 0 radical (unpaired) electrons. The fourth-order valence-electron chi connectivity index (χ4n) is 2.50. The minimum Gasteiger partial charge on any atom is -0.416 e. The lowest BCUT2D eigenvalue weighted by atomic mass is 9.85. The third kappa shape index (κ3) is 6.71. The van der Waals surface area contributed by atoms with E-state index >= 15 is 0 Å². The molecule has 124 valence electrons. The molecule has 1 aliphatic rings. The monoisotopic (exact) mass is 424 g/mol. The molecular weight excluding hydrogens is 391 g/mol. The summed E-state index contributed by atoms with van der Waals surface area (Å²) in [5.74, 6) is 0.477. The van der Waals surface area contributed by atoms with Crippen LogP contribution in [0.5, 0.6) is 0 Å². The van der Waals surface area contributed by atoms with E-state index in [4.69, 9.17) is 4.43 Å². The van der Waals surface area contributed by atoms with Gasteiger partial charge in [-0.1, -0.05) is 40.0 Å². The lowest BCUT2D eigenvalue weighted by Crippen LogP contribution is -2.40. The summed E-state index contributed by atoms with van der Waals surface area (Å²) in [5, 5.41) is 10.6. The summed E-state index contributed by atoms with van der Waals surface area (Å²) in [6.45, 7) is 12.2. The Morgan fingerprint density at radius 2 is 1.86 bits per heavy atom. The fraction of sp³-hybridized carbons (Fsp3) is 0.882. The van der Waals surface area contributed by atoms with Crippen molar-refractivity contribution in [1.82, 2.24) is 0 Å². The van der Waals surface area contributed by atoms with Crippen molar-refractivity contribution in [3.8, 4) is 0 Å². The van der Waals surface area contributed by atoms with Crippen LogP contribution in [-0.2, 0) is 4.43 Å². The average molecular weight is 424 g/mol. The van der Waals surface area contributed by atoms with Gasteiger partial charge in [-0.25, -0.2) is 0 Å². The van der Waals surface area contributed by atoms with Crippen LogP contribution in [0.3, 0.4) is 0 Å². The zero-order valence-corrected chi connectivity index (χ0v) is 17.6. The molecular formula is C17H33IO2Si. The van der Waals surface area contributed by atoms with Gasteiger partial charge in [-0.3, -0.25) is 0 Å². The van der Waals surface area contributed by atoms with Gasteiger partial charge in [0.25, 0.3) is 0 Å². The van der Waals surface area contributed by atoms with Crippen LogP contribution in [0, 0.1) is 5.92 Å². The van der Waals surface area contributed by atoms with E-state index in [0.717, 1.165) is 13.0 Å². The van der Waals surface area contributed by atoms with Crippen molar-refractivity contribution in [1.29, 1.82) is 0 Å². The van der Waals surface area contributed by atoms with E-state index in [-0.39, 0.29) is 11.1 Å². The second-order valence-electron chi connectivity index (χ2n) is 7.86. The van der Waals surface area contributed by atoms with Crippen LogP contribution < -0.4 is 0 Å². The molecule has 1 rings (SSSR count). The van der Waals surface area contributed by atoms with Crippen molar-refractivity contribution < 1.29 is 9.53 Å². The summed E-state index contributed by atoms with van der Waals surface area (Å²) < 4.78 is 7.44. The largest absolute Gasteiger partial charge is 0.416 e. The number of aliphatic hydroxyl groups is 1. The molecule has 0 bridgehead atoms. The third-order valence-corrected chi connectivity index (χ3v) is 10.5. The van der Waals surface area contributed by atoms with E-state index < -0.39 is 8.32 Å². The number of hydrogen-bond acceptors (Lipinski definition) is 2. The highest BCUT2D eigenvalue weighted by Gasteiger charge is 2.36. The molecule has 1 aliphatic carbocycles. The molecule has 0 aromatic rings. The highest BCUT2D eigenvalue weighted by molar-refractivity contribution is 14.1. The molecule has 0 aliphatic heterocycles. The molecule has 1 saturated carbocycles. The van der Waals surface area contributed by atoms with Gasteiger partial charge in [0.2, 0.25) is 0 Å². The molecule has 1 unspecified atom stereocenters. The van der Waals surface area contributed by atoms with E-state index in [0.29, 0.717) is 5.92 Å². The Morgan fingerprint density at radius 3 is 2.38 bits per heavy atom. The molecule has 1 atom stereocenters. The topological polar surface area (TPSA) is 29.5 Å². The van der Waals surface area contributed by atoms with Crippen molar-refractivity contribution >= 4 is 30.9 Å². The minimum absolute atomic E-state index is 0.259. The van der Waals surface area contributed by atoms with E-state index in [2.05, 4.69) is 62.5 Å². The maximum Gasteiger partial charge on any atom is 0.191 e. The molecule has 0 aromatic heterocycles. The molecule has 2 nitrogen and oxygen atoms in total. The van der Waals surface area contributed by atoms with Crippen molar-refractivity contribution in [2.75, 3.05) is 6.61 Å². The van der Waals surface area contributed by atoms with Gasteiger partial charge in [-0.2, -0.15) is 0 Å². The van der Waals surface area contributed by atoms with Crippen molar-refractivity contribution in [3.05, 3.63) is 9.66 Å². The SMILES string of the molecule is CC(C)(C)[Si](C)(C)OCC/C(I)=C\C(O)C1CCCCC1. The van der Waals surface area contributed by atoms with Gasteiger partial charge >= 0.3 is 0 Å². The lowest BCUT2D eigenvalue weighted by Gasteiger charge is -2.36. The Labute approximate surface area is 146 Å². The second kappa shape index (κ2) is 8.46. The van der Waals surface area contributed by atoms with Crippen molar-refractivity contribution in [2.24, 2.45) is 5.92 Å². The first-order valence-electron chi connectivity index (χ1n) is 8.32. The van der Waals surface area contributed by atoms with E-state index in [1.165, 1.54) is 35.7 Å². The van der Waals surface area contributed by atoms with Crippen molar-refractivity contribution in [3.63, 3.8) is 0 Å². The smallest absolute Gasteiger partial charge is 0.191 e. The van der Waals surface area contributed by atoms with Crippen molar-refractivity contribution in [2.45, 2.75) is 83.5 Å². The van der Waals surface area contributed by atoms with Crippen LogP contribution in [0.1, 0.15) is 59.3 Å². The van der Waals surface area contributed by atoms with Crippen LogP contribution in [0.25, 0.3) is 0 Å². The number of aliphatic hydroxyl groups excluding tert-OH is 1. The average Bonchev–Trinajstić information content (AvgIpc) is 2.38. The number of halogens is 1. The molecule has 0 aromatic carbocycles. The van der Waals surface area contributed by atoms with Crippen LogP contribution in [0.4, 0.5) is 0 Å². The van der Waals surface area contributed by atoms with Gasteiger partial charge in [0.05, 0.1) is 6.10 Å². The van der Waals surface area contributed by atoms with Crippen LogP contribution in [-0.4, -0.2) is 26.1 Å². The van der Waals surface area contributed by atoms with Crippen LogP contribution in [0.2, 0.25) is 18.1 Å². The quantitative estimate of drug-likeness (QED) is 0.441. The normalized spacial score (nSPS) is 20.6. The molecule has 0 heterocycles. The maximum absolute atomic E-state index is 10.3. The first kappa shape index (κ1) is 19.7. The Morgan fingerprint density at radius 1 is 1.29 bits per heavy atom. The molecule has 21 heavy (non-hydrogen) atoms. The first-order valence-corrected chi connectivity index (χ1v) is 12.3. The second-order valence-corrected chi connectivity index (χ2v) is 14.1. The summed E-state index contributed by atoms with van der Waals surface area (Å²) in [7, 11) is -1.64. The zero-order valence-electron chi connectivity index (χ0n) is 14.4. The van der Waals surface area contributed by atoms with Gasteiger partial charge in [-0.15, -0.1) is 0 Å². The Balaban J connectivity index is 2.38. The molecule has 1 N–H and O–H groups in total. The molecule has 1 fully saturated rings. The van der Waals surface area contributed by atoms with E-state index in [1.807, 2.05) is 0 Å². The van der Waals surface area contributed by atoms with Crippen LogP contribution >= 0.6 is 22.6 Å². The summed E-state index contributed by atoms with van der Waals surface area (Å²) in [5.41, 5.74) is 0. The molecule has 4 heteroatoms. The minimum atomic E-state index is -1.64. The Bertz CT molecular complexity index is 341. The van der Waals surface area contributed by atoms with Gasteiger partial charge < -0.3 is 9.53 Å². The predicted octanol–water partition coefficient (Wildman–Crippen LogP) is 5.66. The standard InChI is InChI=1S/C17H33IO2Si/c1-17(2,3)21(4,5)20-12-11-15(18)13-16(19)14-9-7-6-8-10-14/h13-14,16,19H,6-12H2,1-5H3/b15-13+. The summed E-state index contributed by atoms with van der Waals surface area (Å²) >= 11 is 2.36. The Kier molecular flexibility index (Phi) is 7.91. The maximum atomic E-state index is 10.3. The number of rotatable bonds is 6. The van der Waals surface area contributed by atoms with E-state index in [9.17, 15) is 5.11 Å². The first-order chi connectivity index (χ1) is 9.63.